The van der Waals surface area contributed by atoms with Gasteiger partial charge in [0, 0.05) is 41.7 Å². The van der Waals surface area contributed by atoms with Crippen molar-refractivity contribution in [3.05, 3.63) is 72.6 Å². The molecule has 0 aliphatic heterocycles. The number of carbonyl (C=O) groups excluding carboxylic acids is 2. The molecule has 0 aliphatic rings. The molecule has 2 amide bonds. The molecule has 7 nitrogen and oxygen atoms in total. The number of thioether (sulfide) groups is 1. The minimum atomic E-state index is -0.157. The molecule has 2 aromatic carbocycles. The summed E-state index contributed by atoms with van der Waals surface area (Å²) >= 11 is 1.63. The first-order valence-electron chi connectivity index (χ1n) is 9.52. The zero-order valence-corrected chi connectivity index (χ0v) is 17.5. The molecule has 30 heavy (non-hydrogen) atoms. The van der Waals surface area contributed by atoms with Gasteiger partial charge in [0.1, 0.15) is 12.3 Å². The lowest BCUT2D eigenvalue weighted by Crippen LogP contribution is -2.23. The van der Waals surface area contributed by atoms with E-state index < -0.39 is 0 Å². The number of hydrogen-bond donors (Lipinski definition) is 2. The van der Waals surface area contributed by atoms with Gasteiger partial charge in [0.15, 0.2) is 0 Å². The molecule has 156 valence electrons. The number of nitrogens with one attached hydrogen (secondary N) is 2. The molecule has 3 aromatic rings. The molecular formula is C22H24N4O3S. The summed E-state index contributed by atoms with van der Waals surface area (Å²) in [6.07, 6.45) is 3.79. The molecular weight excluding hydrogens is 400 g/mol. The van der Waals surface area contributed by atoms with Crippen LogP contribution in [0.25, 0.3) is 0 Å². The minimum Gasteiger partial charge on any atom is -0.497 e. The van der Waals surface area contributed by atoms with Gasteiger partial charge in [-0.05, 0) is 48.0 Å². The molecule has 0 bridgehead atoms. The van der Waals surface area contributed by atoms with Crippen LogP contribution in [0, 0.1) is 0 Å². The van der Waals surface area contributed by atoms with Crippen LogP contribution >= 0.6 is 11.8 Å². The Bertz CT molecular complexity index is 959. The Hall–Kier alpha value is -3.26. The molecule has 1 heterocycles. The van der Waals surface area contributed by atoms with Crippen molar-refractivity contribution in [1.29, 1.82) is 0 Å². The van der Waals surface area contributed by atoms with Gasteiger partial charge in [-0.2, -0.15) is 5.10 Å². The van der Waals surface area contributed by atoms with Crippen LogP contribution in [0.2, 0.25) is 0 Å². The van der Waals surface area contributed by atoms with Crippen molar-refractivity contribution in [2.24, 2.45) is 0 Å². The molecule has 1 aromatic heterocycles. The van der Waals surface area contributed by atoms with E-state index in [0.29, 0.717) is 24.4 Å². The van der Waals surface area contributed by atoms with Crippen molar-refractivity contribution in [3.8, 4) is 5.75 Å². The van der Waals surface area contributed by atoms with Gasteiger partial charge in [-0.3, -0.25) is 14.3 Å². The standard InChI is InChI=1S/C22H24N4O3S/c1-29-19-6-8-20(9-7-19)30-13-10-21(27)23-15-17-4-2-5-18(14-17)25-22(28)16-26-12-3-11-24-26/h2-9,11-12,14H,10,13,15-16H2,1H3,(H,23,27)(H,25,28). The van der Waals surface area contributed by atoms with E-state index in [9.17, 15) is 9.59 Å². The first-order chi connectivity index (χ1) is 14.6. The normalized spacial score (nSPS) is 10.4. The molecule has 0 saturated heterocycles. The maximum Gasteiger partial charge on any atom is 0.246 e. The Morgan fingerprint density at radius 2 is 1.93 bits per heavy atom. The Kier molecular flexibility index (Phi) is 7.91. The smallest absolute Gasteiger partial charge is 0.246 e. The minimum absolute atomic E-state index is 0.0101. The molecule has 8 heteroatoms. The second-order valence-electron chi connectivity index (χ2n) is 6.50. The van der Waals surface area contributed by atoms with Crippen molar-refractivity contribution in [2.45, 2.75) is 24.4 Å². The predicted octanol–water partition coefficient (Wildman–Crippen LogP) is 3.33. The van der Waals surface area contributed by atoms with E-state index >= 15 is 0 Å². The fourth-order valence-corrected chi connectivity index (χ4v) is 3.57. The third-order valence-corrected chi connectivity index (χ3v) is 5.24. The predicted molar refractivity (Wildman–Crippen MR) is 117 cm³/mol. The first kappa shape index (κ1) is 21.4. The van der Waals surface area contributed by atoms with E-state index in [1.807, 2.05) is 48.5 Å². The number of methoxy groups -OCH3 is 1. The lowest BCUT2D eigenvalue weighted by atomic mass is 10.2. The van der Waals surface area contributed by atoms with E-state index in [1.165, 1.54) is 0 Å². The van der Waals surface area contributed by atoms with E-state index in [1.54, 1.807) is 42.0 Å². The fraction of sp³-hybridized carbons (Fsp3) is 0.227. The van der Waals surface area contributed by atoms with Gasteiger partial charge < -0.3 is 15.4 Å². The third kappa shape index (κ3) is 6.97. The quantitative estimate of drug-likeness (QED) is 0.488. The van der Waals surface area contributed by atoms with Crippen molar-refractivity contribution < 1.29 is 14.3 Å². The summed E-state index contributed by atoms with van der Waals surface area (Å²) in [5, 5.41) is 9.78. The number of nitrogens with zero attached hydrogens (tertiary/aromatic N) is 2. The average Bonchev–Trinajstić information content (AvgIpc) is 3.26. The zero-order valence-electron chi connectivity index (χ0n) is 16.7. The average molecular weight is 425 g/mol. The van der Waals surface area contributed by atoms with Crippen LogP contribution in [0.4, 0.5) is 5.69 Å². The van der Waals surface area contributed by atoms with Gasteiger partial charge in [-0.15, -0.1) is 11.8 Å². The lowest BCUT2D eigenvalue weighted by Gasteiger charge is -2.09. The Morgan fingerprint density at radius 1 is 1.10 bits per heavy atom. The molecule has 3 rings (SSSR count). The molecule has 0 aliphatic carbocycles. The highest BCUT2D eigenvalue weighted by Gasteiger charge is 2.06. The first-order valence-corrected chi connectivity index (χ1v) is 10.5. The van der Waals surface area contributed by atoms with Gasteiger partial charge in [0.25, 0.3) is 0 Å². The van der Waals surface area contributed by atoms with Crippen molar-refractivity contribution in [2.75, 3.05) is 18.2 Å². The molecule has 0 saturated carbocycles. The number of rotatable bonds is 10. The summed E-state index contributed by atoms with van der Waals surface area (Å²) < 4.78 is 6.70. The van der Waals surface area contributed by atoms with Crippen LogP contribution in [0.3, 0.4) is 0 Å². The number of anilines is 1. The van der Waals surface area contributed by atoms with E-state index in [4.69, 9.17) is 4.74 Å². The summed E-state index contributed by atoms with van der Waals surface area (Å²) in [7, 11) is 1.64. The number of benzene rings is 2. The molecule has 0 radical (unpaired) electrons. The molecule has 2 N–H and O–H groups in total. The van der Waals surface area contributed by atoms with E-state index in [0.717, 1.165) is 16.2 Å². The number of ether oxygens (including phenoxy) is 1. The second kappa shape index (κ2) is 11.1. The monoisotopic (exact) mass is 424 g/mol. The van der Waals surface area contributed by atoms with Crippen LogP contribution < -0.4 is 15.4 Å². The summed E-state index contributed by atoms with van der Waals surface area (Å²) in [6, 6.07) is 17.0. The Labute approximate surface area is 179 Å². The number of aromatic nitrogens is 2. The van der Waals surface area contributed by atoms with Crippen LogP contribution in [0.5, 0.6) is 5.75 Å². The van der Waals surface area contributed by atoms with Crippen LogP contribution in [-0.4, -0.2) is 34.5 Å². The number of carbonyl (C=O) groups is 2. The number of hydrogen-bond acceptors (Lipinski definition) is 5. The van der Waals surface area contributed by atoms with Crippen LogP contribution in [0.15, 0.2) is 71.9 Å². The van der Waals surface area contributed by atoms with Crippen LogP contribution in [0.1, 0.15) is 12.0 Å². The lowest BCUT2D eigenvalue weighted by molar-refractivity contribution is -0.121. The van der Waals surface area contributed by atoms with Crippen molar-refractivity contribution in [3.63, 3.8) is 0 Å². The summed E-state index contributed by atoms with van der Waals surface area (Å²) in [6.45, 7) is 0.564. The molecule has 0 fully saturated rings. The third-order valence-electron chi connectivity index (χ3n) is 4.22. The van der Waals surface area contributed by atoms with Gasteiger partial charge in [0.2, 0.25) is 11.8 Å². The SMILES string of the molecule is COc1ccc(SCCC(=O)NCc2cccc(NC(=O)Cn3cccn3)c2)cc1. The van der Waals surface area contributed by atoms with Gasteiger partial charge in [-0.1, -0.05) is 12.1 Å². The van der Waals surface area contributed by atoms with Crippen molar-refractivity contribution >= 4 is 29.3 Å². The topological polar surface area (TPSA) is 85.3 Å². The second-order valence-corrected chi connectivity index (χ2v) is 7.67. The summed E-state index contributed by atoms with van der Waals surface area (Å²) in [5.41, 5.74) is 1.61. The highest BCUT2D eigenvalue weighted by atomic mass is 32.2. The summed E-state index contributed by atoms with van der Waals surface area (Å²) in [5.74, 6) is 1.35. The van der Waals surface area contributed by atoms with E-state index in [-0.39, 0.29) is 18.4 Å². The zero-order chi connectivity index (χ0) is 21.2. The summed E-state index contributed by atoms with van der Waals surface area (Å²) in [4.78, 5) is 25.3. The van der Waals surface area contributed by atoms with Crippen molar-refractivity contribution in [1.82, 2.24) is 15.1 Å². The van der Waals surface area contributed by atoms with Gasteiger partial charge in [0.05, 0.1) is 7.11 Å². The maximum atomic E-state index is 12.1. The molecule has 0 unspecified atom stereocenters. The molecule has 0 spiro atoms. The Balaban J connectivity index is 1.39. The van der Waals surface area contributed by atoms with E-state index in [2.05, 4.69) is 15.7 Å². The highest BCUT2D eigenvalue weighted by molar-refractivity contribution is 7.99. The van der Waals surface area contributed by atoms with Gasteiger partial charge >= 0.3 is 0 Å². The highest BCUT2D eigenvalue weighted by Crippen LogP contribution is 2.21. The number of amides is 2. The Morgan fingerprint density at radius 3 is 2.67 bits per heavy atom. The van der Waals surface area contributed by atoms with Gasteiger partial charge in [-0.25, -0.2) is 0 Å². The van der Waals surface area contributed by atoms with Crippen LogP contribution in [-0.2, 0) is 22.7 Å². The fourth-order valence-electron chi connectivity index (χ4n) is 2.72. The maximum absolute atomic E-state index is 12.1. The largest absolute Gasteiger partial charge is 0.497 e. The molecule has 0 atom stereocenters.